The topological polar surface area (TPSA) is 84.5 Å². The van der Waals surface area contributed by atoms with Crippen molar-refractivity contribution in [3.8, 4) is 5.75 Å². The molecule has 0 aromatic heterocycles. The van der Waals surface area contributed by atoms with Gasteiger partial charge in [0.1, 0.15) is 10.6 Å². The second-order valence-corrected chi connectivity index (χ2v) is 7.95. The van der Waals surface area contributed by atoms with Gasteiger partial charge in [-0.2, -0.15) is 0 Å². The highest BCUT2D eigenvalue weighted by molar-refractivity contribution is 7.89. The molecule has 2 rings (SSSR count). The van der Waals surface area contributed by atoms with Crippen molar-refractivity contribution in [2.75, 3.05) is 11.9 Å². The van der Waals surface area contributed by atoms with Gasteiger partial charge in [0.05, 0.1) is 6.61 Å². The summed E-state index contributed by atoms with van der Waals surface area (Å²) in [6, 6.07) is 10.7. The van der Waals surface area contributed by atoms with Gasteiger partial charge in [-0.15, -0.1) is 0 Å². The molecule has 140 valence electrons. The molecule has 0 unspecified atom stereocenters. The van der Waals surface area contributed by atoms with E-state index in [-0.39, 0.29) is 22.3 Å². The Morgan fingerprint density at radius 2 is 1.92 bits per heavy atom. The molecule has 26 heavy (non-hydrogen) atoms. The Bertz CT molecular complexity index is 898. The van der Waals surface area contributed by atoms with E-state index in [9.17, 15) is 13.2 Å². The lowest BCUT2D eigenvalue weighted by atomic mass is 10.2. The molecule has 6 nitrogen and oxygen atoms in total. The maximum absolute atomic E-state index is 12.6. The molecule has 2 aromatic rings. The molecule has 0 aliphatic heterocycles. The fourth-order valence-corrected chi connectivity index (χ4v) is 3.89. The zero-order valence-corrected chi connectivity index (χ0v) is 16.3. The summed E-state index contributed by atoms with van der Waals surface area (Å²) in [5.74, 6) is -0.253. The van der Waals surface area contributed by atoms with Gasteiger partial charge in [0.25, 0.3) is 5.91 Å². The van der Waals surface area contributed by atoms with Crippen molar-refractivity contribution in [2.45, 2.75) is 31.7 Å². The summed E-state index contributed by atoms with van der Waals surface area (Å²) in [5, 5.41) is 3.18. The monoisotopic (exact) mass is 396 g/mol. The van der Waals surface area contributed by atoms with Crippen LogP contribution in [0.1, 0.15) is 31.1 Å². The van der Waals surface area contributed by atoms with Crippen molar-refractivity contribution >= 4 is 33.2 Å². The van der Waals surface area contributed by atoms with Crippen LogP contribution < -0.4 is 14.8 Å². The van der Waals surface area contributed by atoms with Crippen molar-refractivity contribution in [1.29, 1.82) is 0 Å². The maximum atomic E-state index is 12.6. The highest BCUT2D eigenvalue weighted by Crippen LogP contribution is 2.26. The van der Waals surface area contributed by atoms with Crippen LogP contribution in [0.2, 0.25) is 5.02 Å². The van der Waals surface area contributed by atoms with Crippen LogP contribution in [0.25, 0.3) is 0 Å². The average molecular weight is 397 g/mol. The molecular weight excluding hydrogens is 376 g/mol. The molecule has 0 bridgehead atoms. The van der Waals surface area contributed by atoms with E-state index >= 15 is 0 Å². The second-order valence-electron chi connectivity index (χ2n) is 5.83. The maximum Gasteiger partial charge on any atom is 0.255 e. The highest BCUT2D eigenvalue weighted by Gasteiger charge is 2.22. The van der Waals surface area contributed by atoms with E-state index in [4.69, 9.17) is 16.3 Å². The smallest absolute Gasteiger partial charge is 0.255 e. The SMILES string of the molecule is CCOc1ccc(C(=O)Nc2cccc(Cl)c2)cc1S(=O)(=O)NC(C)C. The van der Waals surface area contributed by atoms with Crippen molar-refractivity contribution in [1.82, 2.24) is 4.72 Å². The molecule has 2 aromatic carbocycles. The number of sulfonamides is 1. The van der Waals surface area contributed by atoms with Crippen LogP contribution in [-0.2, 0) is 10.0 Å². The first-order valence-electron chi connectivity index (χ1n) is 8.09. The molecule has 0 spiro atoms. The number of amides is 1. The fourth-order valence-electron chi connectivity index (χ4n) is 2.28. The molecule has 0 saturated carbocycles. The number of hydrogen-bond acceptors (Lipinski definition) is 4. The largest absolute Gasteiger partial charge is 0.492 e. The molecular formula is C18H21ClN2O4S. The van der Waals surface area contributed by atoms with Gasteiger partial charge in [0, 0.05) is 22.3 Å². The van der Waals surface area contributed by atoms with Crippen LogP contribution in [0.4, 0.5) is 5.69 Å². The lowest BCUT2D eigenvalue weighted by Gasteiger charge is -2.15. The lowest BCUT2D eigenvalue weighted by Crippen LogP contribution is -2.30. The van der Waals surface area contributed by atoms with Gasteiger partial charge in [-0.05, 0) is 57.2 Å². The minimum absolute atomic E-state index is 0.0770. The third-order valence-electron chi connectivity index (χ3n) is 3.27. The first-order chi connectivity index (χ1) is 12.2. The van der Waals surface area contributed by atoms with Gasteiger partial charge >= 0.3 is 0 Å². The molecule has 0 aliphatic rings. The Morgan fingerprint density at radius 3 is 2.54 bits per heavy atom. The van der Waals surface area contributed by atoms with Gasteiger partial charge < -0.3 is 10.1 Å². The van der Waals surface area contributed by atoms with Crippen molar-refractivity contribution in [2.24, 2.45) is 0 Å². The van der Waals surface area contributed by atoms with E-state index in [2.05, 4.69) is 10.0 Å². The number of ether oxygens (including phenoxy) is 1. The number of anilines is 1. The summed E-state index contributed by atoms with van der Waals surface area (Å²) in [6.45, 7) is 5.49. The van der Waals surface area contributed by atoms with Crippen molar-refractivity contribution in [3.63, 3.8) is 0 Å². The minimum Gasteiger partial charge on any atom is -0.492 e. The van der Waals surface area contributed by atoms with Gasteiger partial charge in [0.15, 0.2) is 0 Å². The van der Waals surface area contributed by atoms with Crippen LogP contribution in [0.5, 0.6) is 5.75 Å². The standard InChI is InChI=1S/C18H21ClN2O4S/c1-4-25-16-9-8-13(10-17(16)26(23,24)21-12(2)3)18(22)20-15-7-5-6-14(19)11-15/h5-12,21H,4H2,1-3H3,(H,20,22). The van der Waals surface area contributed by atoms with E-state index in [0.717, 1.165) is 0 Å². The van der Waals surface area contributed by atoms with Crippen LogP contribution in [0.15, 0.2) is 47.4 Å². The molecule has 0 radical (unpaired) electrons. The second kappa shape index (κ2) is 8.53. The summed E-state index contributed by atoms with van der Waals surface area (Å²) in [4.78, 5) is 12.4. The zero-order chi connectivity index (χ0) is 19.3. The molecule has 0 saturated heterocycles. The van der Waals surface area contributed by atoms with Gasteiger partial charge in [0.2, 0.25) is 10.0 Å². The summed E-state index contributed by atoms with van der Waals surface area (Å²) in [5.41, 5.74) is 0.707. The average Bonchev–Trinajstić information content (AvgIpc) is 2.54. The molecule has 0 heterocycles. The molecule has 8 heteroatoms. The number of nitrogens with one attached hydrogen (secondary N) is 2. The fraction of sp³-hybridized carbons (Fsp3) is 0.278. The summed E-state index contributed by atoms with van der Waals surface area (Å²) < 4.78 is 33.1. The zero-order valence-electron chi connectivity index (χ0n) is 14.7. The van der Waals surface area contributed by atoms with Crippen LogP contribution >= 0.6 is 11.6 Å². The number of carbonyl (C=O) groups is 1. The van der Waals surface area contributed by atoms with E-state index in [1.54, 1.807) is 45.0 Å². The van der Waals surface area contributed by atoms with E-state index in [1.807, 2.05) is 0 Å². The van der Waals surface area contributed by atoms with Gasteiger partial charge in [-0.1, -0.05) is 17.7 Å². The molecule has 2 N–H and O–H groups in total. The number of benzene rings is 2. The Kier molecular flexibility index (Phi) is 6.63. The Labute approximate surface area is 158 Å². The van der Waals surface area contributed by atoms with E-state index in [0.29, 0.717) is 17.3 Å². The van der Waals surface area contributed by atoms with Crippen LogP contribution in [-0.4, -0.2) is 27.0 Å². The normalized spacial score (nSPS) is 11.4. The third kappa shape index (κ3) is 5.20. The third-order valence-corrected chi connectivity index (χ3v) is 5.18. The predicted octanol–water partition coefficient (Wildman–Crippen LogP) is 3.68. The minimum atomic E-state index is -3.82. The molecule has 1 amide bonds. The predicted molar refractivity (Wildman–Crippen MR) is 102 cm³/mol. The Morgan fingerprint density at radius 1 is 1.19 bits per heavy atom. The van der Waals surface area contributed by atoms with Crippen molar-refractivity contribution < 1.29 is 17.9 Å². The lowest BCUT2D eigenvalue weighted by molar-refractivity contribution is 0.102. The van der Waals surface area contributed by atoms with Gasteiger partial charge in [-0.3, -0.25) is 4.79 Å². The van der Waals surface area contributed by atoms with Crippen LogP contribution in [0.3, 0.4) is 0 Å². The summed E-state index contributed by atoms with van der Waals surface area (Å²) >= 11 is 5.91. The summed E-state index contributed by atoms with van der Waals surface area (Å²) in [7, 11) is -3.82. The number of halogens is 1. The van der Waals surface area contributed by atoms with Gasteiger partial charge in [-0.25, -0.2) is 13.1 Å². The molecule has 0 aliphatic carbocycles. The van der Waals surface area contributed by atoms with E-state index in [1.165, 1.54) is 18.2 Å². The number of carbonyl (C=O) groups excluding carboxylic acids is 1. The Hall–Kier alpha value is -2.09. The number of hydrogen-bond donors (Lipinski definition) is 2. The molecule has 0 fully saturated rings. The number of rotatable bonds is 7. The van der Waals surface area contributed by atoms with Crippen molar-refractivity contribution in [3.05, 3.63) is 53.1 Å². The quantitative estimate of drug-likeness (QED) is 0.747. The van der Waals surface area contributed by atoms with Crippen LogP contribution in [0, 0.1) is 0 Å². The summed E-state index contributed by atoms with van der Waals surface area (Å²) in [6.07, 6.45) is 0. The first kappa shape index (κ1) is 20.2. The van der Waals surface area contributed by atoms with E-state index < -0.39 is 15.9 Å². The molecule has 0 atom stereocenters. The Balaban J connectivity index is 2.38. The first-order valence-corrected chi connectivity index (χ1v) is 9.95. The highest BCUT2D eigenvalue weighted by atomic mass is 35.5.